The van der Waals surface area contributed by atoms with Crippen molar-refractivity contribution in [3.05, 3.63) is 46.2 Å². The number of benzene rings is 1. The van der Waals surface area contributed by atoms with Gasteiger partial charge in [0.1, 0.15) is 11.6 Å². The summed E-state index contributed by atoms with van der Waals surface area (Å²) < 4.78 is 12.9. The van der Waals surface area contributed by atoms with Gasteiger partial charge in [-0.2, -0.15) is 0 Å². The second-order valence-electron chi connectivity index (χ2n) is 4.21. The van der Waals surface area contributed by atoms with Gasteiger partial charge in [0, 0.05) is 12.2 Å². The fourth-order valence-corrected chi connectivity index (χ4v) is 2.06. The summed E-state index contributed by atoms with van der Waals surface area (Å²) in [5, 5.41) is 7.03. The van der Waals surface area contributed by atoms with Crippen LogP contribution in [0.25, 0.3) is 0 Å². The highest BCUT2D eigenvalue weighted by molar-refractivity contribution is 6.37. The number of rotatable bonds is 5. The Morgan fingerprint density at radius 3 is 2.40 bits per heavy atom. The van der Waals surface area contributed by atoms with E-state index >= 15 is 0 Å². The largest absolute Gasteiger partial charge is 0.369 e. The van der Waals surface area contributed by atoms with E-state index in [9.17, 15) is 4.39 Å². The molecule has 0 unspecified atom stereocenters. The van der Waals surface area contributed by atoms with Gasteiger partial charge in [0.05, 0.1) is 10.0 Å². The summed E-state index contributed by atoms with van der Waals surface area (Å²) in [7, 11) is 0. The average Bonchev–Trinajstić information content (AvgIpc) is 2.43. The SMILES string of the molecule is CCCNc1nc(Nc2ccc(F)cc2)c(Cl)cc1Cl. The molecule has 0 spiro atoms. The summed E-state index contributed by atoms with van der Waals surface area (Å²) in [5.41, 5.74) is 0.699. The van der Waals surface area contributed by atoms with E-state index < -0.39 is 0 Å². The lowest BCUT2D eigenvalue weighted by molar-refractivity contribution is 0.628. The number of halogens is 3. The smallest absolute Gasteiger partial charge is 0.151 e. The van der Waals surface area contributed by atoms with E-state index in [-0.39, 0.29) is 5.82 Å². The van der Waals surface area contributed by atoms with E-state index in [1.165, 1.54) is 12.1 Å². The van der Waals surface area contributed by atoms with Crippen LogP contribution in [0.2, 0.25) is 10.0 Å². The van der Waals surface area contributed by atoms with Gasteiger partial charge in [-0.15, -0.1) is 0 Å². The molecule has 0 atom stereocenters. The zero-order valence-electron chi connectivity index (χ0n) is 10.9. The third-order valence-electron chi connectivity index (χ3n) is 2.58. The van der Waals surface area contributed by atoms with E-state index in [1.807, 2.05) is 0 Å². The van der Waals surface area contributed by atoms with Crippen molar-refractivity contribution in [2.24, 2.45) is 0 Å². The molecular weight excluding hydrogens is 300 g/mol. The summed E-state index contributed by atoms with van der Waals surface area (Å²) in [6, 6.07) is 7.58. The van der Waals surface area contributed by atoms with Crippen LogP contribution in [0.4, 0.5) is 21.7 Å². The maximum Gasteiger partial charge on any atom is 0.151 e. The predicted molar refractivity (Wildman–Crippen MR) is 82.7 cm³/mol. The number of hydrogen-bond donors (Lipinski definition) is 2. The van der Waals surface area contributed by atoms with Crippen molar-refractivity contribution in [1.82, 2.24) is 4.98 Å². The van der Waals surface area contributed by atoms with Gasteiger partial charge in [-0.1, -0.05) is 30.1 Å². The fraction of sp³-hybridized carbons (Fsp3) is 0.214. The molecule has 2 aromatic rings. The van der Waals surface area contributed by atoms with Crippen LogP contribution in [-0.2, 0) is 0 Å². The van der Waals surface area contributed by atoms with Crippen molar-refractivity contribution >= 4 is 40.5 Å². The molecule has 0 aliphatic heterocycles. The lowest BCUT2D eigenvalue weighted by atomic mass is 10.3. The summed E-state index contributed by atoms with van der Waals surface area (Å²) >= 11 is 12.2. The van der Waals surface area contributed by atoms with E-state index in [1.54, 1.807) is 18.2 Å². The molecule has 1 aromatic carbocycles. The van der Waals surface area contributed by atoms with Crippen LogP contribution >= 0.6 is 23.2 Å². The van der Waals surface area contributed by atoms with Crippen LogP contribution in [0, 0.1) is 5.82 Å². The van der Waals surface area contributed by atoms with Crippen molar-refractivity contribution in [2.75, 3.05) is 17.2 Å². The van der Waals surface area contributed by atoms with Crippen LogP contribution in [0.5, 0.6) is 0 Å². The number of nitrogens with one attached hydrogen (secondary N) is 2. The van der Waals surface area contributed by atoms with Crippen LogP contribution in [-0.4, -0.2) is 11.5 Å². The summed E-state index contributed by atoms with van der Waals surface area (Å²) in [5.74, 6) is 0.750. The van der Waals surface area contributed by atoms with Gasteiger partial charge in [-0.3, -0.25) is 0 Å². The lowest BCUT2D eigenvalue weighted by Gasteiger charge is -2.12. The second kappa shape index (κ2) is 6.77. The van der Waals surface area contributed by atoms with E-state index in [4.69, 9.17) is 23.2 Å². The Bertz CT molecular complexity index is 588. The molecule has 106 valence electrons. The van der Waals surface area contributed by atoms with E-state index in [0.29, 0.717) is 27.4 Å². The number of anilines is 3. The minimum absolute atomic E-state index is 0.295. The number of aromatic nitrogens is 1. The first-order valence-corrected chi connectivity index (χ1v) is 6.98. The van der Waals surface area contributed by atoms with Gasteiger partial charge in [0.25, 0.3) is 0 Å². The Balaban J connectivity index is 2.24. The van der Waals surface area contributed by atoms with Gasteiger partial charge < -0.3 is 10.6 Å². The van der Waals surface area contributed by atoms with Gasteiger partial charge in [0.2, 0.25) is 0 Å². The number of hydrogen-bond acceptors (Lipinski definition) is 3. The molecule has 0 bridgehead atoms. The molecule has 1 aromatic heterocycles. The monoisotopic (exact) mass is 313 g/mol. The maximum absolute atomic E-state index is 12.9. The van der Waals surface area contributed by atoms with Gasteiger partial charge >= 0.3 is 0 Å². The highest BCUT2D eigenvalue weighted by Crippen LogP contribution is 2.31. The molecule has 2 N–H and O–H groups in total. The topological polar surface area (TPSA) is 37.0 Å². The minimum Gasteiger partial charge on any atom is -0.369 e. The van der Waals surface area contributed by atoms with Gasteiger partial charge in [-0.05, 0) is 36.8 Å². The first-order chi connectivity index (χ1) is 9.60. The highest BCUT2D eigenvalue weighted by atomic mass is 35.5. The third kappa shape index (κ3) is 3.74. The fourth-order valence-electron chi connectivity index (χ4n) is 1.59. The molecule has 0 radical (unpaired) electrons. The molecule has 0 saturated heterocycles. The maximum atomic E-state index is 12.9. The Morgan fingerprint density at radius 2 is 1.75 bits per heavy atom. The van der Waals surface area contributed by atoms with Gasteiger partial charge in [-0.25, -0.2) is 9.37 Å². The molecule has 2 rings (SSSR count). The van der Waals surface area contributed by atoms with Crippen molar-refractivity contribution in [1.29, 1.82) is 0 Å². The quantitative estimate of drug-likeness (QED) is 0.807. The standard InChI is InChI=1S/C14H14Cl2FN3/c1-2-7-18-13-11(15)8-12(16)14(20-13)19-10-5-3-9(17)4-6-10/h3-6,8H,2,7H2,1H3,(H2,18,19,20). The Kier molecular flexibility index (Phi) is 5.04. The zero-order chi connectivity index (χ0) is 14.5. The van der Waals surface area contributed by atoms with Crippen molar-refractivity contribution in [2.45, 2.75) is 13.3 Å². The van der Waals surface area contributed by atoms with Crippen LogP contribution in [0.3, 0.4) is 0 Å². The molecule has 6 heteroatoms. The Hall–Kier alpha value is -1.52. The molecule has 3 nitrogen and oxygen atoms in total. The molecular formula is C14H14Cl2FN3. The van der Waals surface area contributed by atoms with Gasteiger partial charge in [0.15, 0.2) is 5.82 Å². The number of nitrogens with zero attached hydrogens (tertiary/aromatic N) is 1. The summed E-state index contributed by atoms with van der Waals surface area (Å²) in [6.07, 6.45) is 0.960. The first kappa shape index (κ1) is 14.9. The molecule has 0 aliphatic rings. The van der Waals surface area contributed by atoms with Crippen LogP contribution in [0.15, 0.2) is 30.3 Å². The minimum atomic E-state index is -0.295. The van der Waals surface area contributed by atoms with Crippen molar-refractivity contribution in [3.8, 4) is 0 Å². The molecule has 0 fully saturated rings. The third-order valence-corrected chi connectivity index (χ3v) is 3.16. The molecule has 0 aliphatic carbocycles. The zero-order valence-corrected chi connectivity index (χ0v) is 12.4. The molecule has 0 saturated carbocycles. The molecule has 20 heavy (non-hydrogen) atoms. The van der Waals surface area contributed by atoms with Crippen molar-refractivity contribution in [3.63, 3.8) is 0 Å². The van der Waals surface area contributed by atoms with E-state index in [2.05, 4.69) is 22.5 Å². The summed E-state index contributed by atoms with van der Waals surface area (Å²) in [6.45, 7) is 2.82. The van der Waals surface area contributed by atoms with Crippen LogP contribution in [0.1, 0.15) is 13.3 Å². The predicted octanol–water partition coefficient (Wildman–Crippen LogP) is 5.09. The molecule has 1 heterocycles. The highest BCUT2D eigenvalue weighted by Gasteiger charge is 2.09. The number of pyridine rings is 1. The Labute approximate surface area is 127 Å². The second-order valence-corrected chi connectivity index (χ2v) is 5.02. The lowest BCUT2D eigenvalue weighted by Crippen LogP contribution is -2.04. The van der Waals surface area contributed by atoms with Crippen LogP contribution < -0.4 is 10.6 Å². The van der Waals surface area contributed by atoms with Crippen molar-refractivity contribution < 1.29 is 4.39 Å². The summed E-state index contributed by atoms with van der Waals surface area (Å²) in [4.78, 5) is 4.35. The Morgan fingerprint density at radius 1 is 1.10 bits per heavy atom. The van der Waals surface area contributed by atoms with E-state index in [0.717, 1.165) is 13.0 Å². The average molecular weight is 314 g/mol. The first-order valence-electron chi connectivity index (χ1n) is 6.22. The molecule has 0 amide bonds. The normalized spacial score (nSPS) is 10.4.